The molecular weight excluding hydrogens is 1060 g/mol. The van der Waals surface area contributed by atoms with Crippen LogP contribution in [0.15, 0.2) is 0 Å². The molecule has 35 nitrogen and oxygen atoms in total. The average Bonchev–Trinajstić information content (AvgIpc) is 3.45. The molecule has 35 atom stereocenters. The molecule has 0 aromatic rings. The molecule has 446 valence electrons. The van der Waals surface area contributed by atoms with Crippen LogP contribution in [0.5, 0.6) is 0 Å². The Morgan fingerprint density at radius 1 is 0.221 bits per heavy atom. The smallest absolute Gasteiger partial charge is 0.187 e. The number of hydrogen-bond donors (Lipinski definition) is 20. The molecule has 35 heteroatoms. The molecule has 21 heterocycles. The first kappa shape index (κ1) is 61.4. The maximum Gasteiger partial charge on any atom is 0.187 e. The lowest BCUT2D eigenvalue weighted by molar-refractivity contribution is -0.396. The largest absolute Gasteiger partial charge is 0.394 e. The molecule has 21 saturated heterocycles. The predicted molar refractivity (Wildman–Crippen MR) is 227 cm³/mol. The Kier molecular flexibility index (Phi) is 20.6. The lowest BCUT2D eigenvalue weighted by atomic mass is 9.95. The third-order valence-corrected chi connectivity index (χ3v) is 14.7. The van der Waals surface area contributed by atoms with E-state index in [1.165, 1.54) is 0 Å². The fourth-order valence-electron chi connectivity index (χ4n) is 10.3. The van der Waals surface area contributed by atoms with Crippen molar-refractivity contribution in [2.75, 3.05) is 39.6 Å². The van der Waals surface area contributed by atoms with E-state index in [0.717, 1.165) is 0 Å². The lowest BCUT2D eigenvalue weighted by Crippen LogP contribution is -2.68. The van der Waals surface area contributed by atoms with Crippen LogP contribution >= 0.6 is 0 Å². The van der Waals surface area contributed by atoms with Gasteiger partial charge in [0.25, 0.3) is 0 Å². The minimum absolute atomic E-state index is 0.0401. The predicted octanol–water partition coefficient (Wildman–Crippen LogP) is -15.0. The lowest BCUT2D eigenvalue weighted by Gasteiger charge is -2.50. The number of aldehydes is 1. The molecule has 20 N–H and O–H groups in total. The van der Waals surface area contributed by atoms with Gasteiger partial charge in [0.15, 0.2) is 50.3 Å². The van der Waals surface area contributed by atoms with E-state index in [1.54, 1.807) is 0 Å². The summed E-state index contributed by atoms with van der Waals surface area (Å²) in [6.07, 6.45) is -71.2. The van der Waals surface area contributed by atoms with Gasteiger partial charge in [-0.1, -0.05) is 0 Å². The quantitative estimate of drug-likeness (QED) is 0.105. The molecule has 0 spiro atoms. The number of aliphatic hydroxyl groups is 20. The molecule has 0 saturated carbocycles. The monoisotopic (exact) mass is 1130 g/mol. The highest BCUT2D eigenvalue weighted by Gasteiger charge is 2.59. The van der Waals surface area contributed by atoms with Crippen molar-refractivity contribution in [2.24, 2.45) is 0 Å². The van der Waals surface area contributed by atoms with Crippen molar-refractivity contribution >= 4 is 6.29 Å². The molecule has 0 unspecified atom stereocenters. The molecule has 0 aliphatic carbocycles. The molecule has 21 rings (SSSR count). The minimum Gasteiger partial charge on any atom is -0.394 e. The van der Waals surface area contributed by atoms with Crippen LogP contribution in [0.1, 0.15) is 0 Å². The Balaban J connectivity index is 1.08. The normalized spacial score (nSPS) is 55.3. The molecule has 0 aromatic carbocycles. The Labute approximate surface area is 433 Å². The Morgan fingerprint density at radius 2 is 0.377 bits per heavy atom. The van der Waals surface area contributed by atoms with Crippen LogP contribution in [0, 0.1) is 0 Å². The zero-order chi connectivity index (χ0) is 56.1. The number of carbonyl (C=O) groups is 1. The molecule has 77 heavy (non-hydrogen) atoms. The summed E-state index contributed by atoms with van der Waals surface area (Å²) in [5, 5.41) is 220. The first-order valence-electron chi connectivity index (χ1n) is 24.5. The number of aliphatic hydroxyl groups excluding tert-OH is 20. The van der Waals surface area contributed by atoms with E-state index >= 15 is 0 Å². The van der Waals surface area contributed by atoms with Crippen LogP contribution in [0.4, 0.5) is 0 Å². The van der Waals surface area contributed by atoms with Gasteiger partial charge in [0.05, 0.1) is 39.6 Å². The number of rotatable bonds is 7. The average molecular weight is 1130 g/mol. The second-order valence-corrected chi connectivity index (χ2v) is 19.5. The number of ether oxygens (including phenoxy) is 14. The van der Waals surface area contributed by atoms with Gasteiger partial charge in [0.1, 0.15) is 171 Å². The summed E-state index contributed by atoms with van der Waals surface area (Å²) < 4.78 is 79.1. The topological polar surface area (TPSA) is 551 Å². The van der Waals surface area contributed by atoms with Crippen LogP contribution in [-0.4, -0.2) is 363 Å². The van der Waals surface area contributed by atoms with E-state index in [2.05, 4.69) is 0 Å². The Hall–Kier alpha value is -1.69. The third-order valence-electron chi connectivity index (χ3n) is 14.7. The highest BCUT2D eigenvalue weighted by atomic mass is 16.8. The molecule has 0 radical (unpaired) electrons. The van der Waals surface area contributed by atoms with Crippen LogP contribution < -0.4 is 0 Å². The van der Waals surface area contributed by atoms with Crippen molar-refractivity contribution < 1.29 is 173 Å². The van der Waals surface area contributed by atoms with Crippen molar-refractivity contribution in [3.63, 3.8) is 0 Å². The van der Waals surface area contributed by atoms with Gasteiger partial charge >= 0.3 is 0 Å². The van der Waals surface area contributed by atoms with Crippen LogP contribution in [0.3, 0.4) is 0 Å². The maximum atomic E-state index is 12.4. The van der Waals surface area contributed by atoms with Gasteiger partial charge in [0.2, 0.25) is 0 Å². The zero-order valence-corrected chi connectivity index (χ0v) is 40.1. The van der Waals surface area contributed by atoms with Crippen molar-refractivity contribution in [3.05, 3.63) is 0 Å². The fourth-order valence-corrected chi connectivity index (χ4v) is 10.3. The number of hydrogen-bond acceptors (Lipinski definition) is 35. The van der Waals surface area contributed by atoms with E-state index in [1.807, 2.05) is 0 Å². The summed E-state index contributed by atoms with van der Waals surface area (Å²) in [7, 11) is 0. The summed E-state index contributed by atoms with van der Waals surface area (Å²) in [5.41, 5.74) is 0. The summed E-state index contributed by atoms with van der Waals surface area (Å²) in [6, 6.07) is 0. The molecule has 21 aliphatic heterocycles. The van der Waals surface area contributed by atoms with Crippen LogP contribution in [-0.2, 0) is 71.1 Å². The Morgan fingerprint density at radius 3 is 0.545 bits per heavy atom. The summed E-state index contributed by atoms with van der Waals surface area (Å²) >= 11 is 0. The number of carbonyl (C=O) groups excluding carboxylic acids is 1. The maximum absolute atomic E-state index is 12.4. The van der Waals surface area contributed by atoms with Gasteiger partial charge in [-0.2, -0.15) is 0 Å². The summed E-state index contributed by atoms with van der Waals surface area (Å²) in [4.78, 5) is 12.4. The second kappa shape index (κ2) is 25.8. The van der Waals surface area contributed by atoms with Gasteiger partial charge in [0, 0.05) is 0 Å². The third kappa shape index (κ3) is 12.0. The van der Waals surface area contributed by atoms with E-state index in [0.29, 0.717) is 0 Å². The summed E-state index contributed by atoms with van der Waals surface area (Å²) in [6.45, 7) is -6.35. The molecule has 14 bridgehead atoms. The van der Waals surface area contributed by atoms with Crippen molar-refractivity contribution in [1.82, 2.24) is 0 Å². The zero-order valence-electron chi connectivity index (χ0n) is 40.1. The molecular formula is C42H68O35. The van der Waals surface area contributed by atoms with E-state index in [9.17, 15) is 107 Å². The standard InChI is InChI=1S/C42H68O35/c43-1-8-29-15(50)22(57)36(64-8)72-30-9(2-44)66-38(24(59)17(30)52)74-32-11(4-46)68-40(26(61)19(32)54)76-34-13(6-48)70-42(28(63)21(34)56)77-35-14(7-49)69-41(27(62)20(35)55)75-33-12(5-47)67-39(25(60)18(33)53)73-31-10(3-45)65-37(71-29)23(58)16(31)51/h1,8-42,44-63H,2-7H2/t8-,9-,10-,11-,12-,13-,14-,15-,16-,17-,18-,19-,20-,21-,22-,23-,24-,25-,26-,27-,28-,29-,30-,31-,32-,33-,34-,35-,36-,37-,38-,39-,40-,41-,42-/m1/s1. The molecule has 0 aromatic heterocycles. The highest BCUT2D eigenvalue weighted by molar-refractivity contribution is 5.57. The Bertz CT molecular complexity index is 1850. The van der Waals surface area contributed by atoms with Gasteiger partial charge in [-0.25, -0.2) is 0 Å². The second-order valence-electron chi connectivity index (χ2n) is 19.5. The van der Waals surface area contributed by atoms with Gasteiger partial charge in [-0.15, -0.1) is 0 Å². The molecule has 21 fully saturated rings. The van der Waals surface area contributed by atoms with Gasteiger partial charge in [-0.3, -0.25) is 0 Å². The van der Waals surface area contributed by atoms with Gasteiger partial charge < -0.3 is 173 Å². The SMILES string of the molecule is O=C[C@H]1O[C@@H]2O[C@H]3[C@H](O)[C@@H](O)[C@@H](O[C@H]4[C@H](O)[C@@H](O)[C@@H](O[C@H]5[C@H](O)[C@@H](O)[C@@H](O[C@H]6[C@H](O)[C@@H](O)[C@@H](O[C@H]7[C@H](O)[C@@H](O)[C@@H](O[C@H]8[C@H](O)[C@@H](O)[C@@H](O[C@H]1[C@H](O)[C@H]2O)O[C@@H]8CO)O[C@@H]7CO)O[C@@H]6CO)O[C@@H]5CO)O[C@@H]4CO)O[C@@H]3CO. The van der Waals surface area contributed by atoms with Crippen LogP contribution in [0.2, 0.25) is 0 Å². The molecule has 0 amide bonds. The summed E-state index contributed by atoms with van der Waals surface area (Å²) in [5.74, 6) is 0. The van der Waals surface area contributed by atoms with Crippen LogP contribution in [0.25, 0.3) is 0 Å². The van der Waals surface area contributed by atoms with Crippen molar-refractivity contribution in [1.29, 1.82) is 0 Å². The molecule has 21 aliphatic rings. The first-order valence-corrected chi connectivity index (χ1v) is 24.5. The van der Waals surface area contributed by atoms with Crippen molar-refractivity contribution in [2.45, 2.75) is 215 Å². The van der Waals surface area contributed by atoms with E-state index in [4.69, 9.17) is 66.3 Å². The van der Waals surface area contributed by atoms with E-state index < -0.39 is 255 Å². The van der Waals surface area contributed by atoms with E-state index in [-0.39, 0.29) is 6.29 Å². The minimum atomic E-state index is -2.25. The first-order chi connectivity index (χ1) is 36.7. The fraction of sp³-hybridized carbons (Fsp3) is 0.976. The van der Waals surface area contributed by atoms with Crippen molar-refractivity contribution in [3.8, 4) is 0 Å². The van der Waals surface area contributed by atoms with Gasteiger partial charge in [-0.05, 0) is 0 Å². The highest BCUT2D eigenvalue weighted by Crippen LogP contribution is 2.38.